The third-order valence-electron chi connectivity index (χ3n) is 4.26. The molecule has 0 saturated heterocycles. The van der Waals surface area contributed by atoms with Gasteiger partial charge in [0.05, 0.1) is 19.7 Å². The zero-order valence-electron chi connectivity index (χ0n) is 14.8. The summed E-state index contributed by atoms with van der Waals surface area (Å²) in [5, 5.41) is 8.31. The zero-order valence-corrected chi connectivity index (χ0v) is 14.8. The SMILES string of the molecule is COc1ccc(OC)c(-c2n[nH]c3cc(Oc4ccccc4F)ccc23)c1. The number of ether oxygens (including phenoxy) is 3. The van der Waals surface area contributed by atoms with Crippen LogP contribution >= 0.6 is 0 Å². The summed E-state index contributed by atoms with van der Waals surface area (Å²) in [5.74, 6) is 1.67. The Hall–Kier alpha value is -3.54. The maximum atomic E-state index is 13.8. The van der Waals surface area contributed by atoms with Crippen LogP contribution in [-0.2, 0) is 0 Å². The molecule has 4 aromatic rings. The van der Waals surface area contributed by atoms with E-state index in [1.807, 2.05) is 24.3 Å². The Balaban J connectivity index is 1.74. The lowest BCUT2D eigenvalue weighted by molar-refractivity contribution is 0.404. The molecule has 0 amide bonds. The molecule has 3 aromatic carbocycles. The van der Waals surface area contributed by atoms with E-state index in [1.54, 1.807) is 44.6 Å². The number of nitrogens with one attached hydrogen (secondary N) is 1. The van der Waals surface area contributed by atoms with Crippen LogP contribution in [0, 0.1) is 5.82 Å². The molecule has 1 aromatic heterocycles. The third kappa shape index (κ3) is 3.17. The quantitative estimate of drug-likeness (QED) is 0.530. The molecule has 4 rings (SSSR count). The molecule has 0 bridgehead atoms. The van der Waals surface area contributed by atoms with E-state index in [1.165, 1.54) is 6.07 Å². The first-order valence-corrected chi connectivity index (χ1v) is 8.32. The van der Waals surface area contributed by atoms with Crippen LogP contribution in [0.2, 0.25) is 0 Å². The van der Waals surface area contributed by atoms with Gasteiger partial charge in [-0.2, -0.15) is 5.10 Å². The molecule has 136 valence electrons. The number of aromatic nitrogens is 2. The molecule has 0 atom stereocenters. The molecule has 1 heterocycles. The van der Waals surface area contributed by atoms with Gasteiger partial charge in [-0.05, 0) is 42.5 Å². The highest BCUT2D eigenvalue weighted by molar-refractivity contribution is 5.95. The fourth-order valence-electron chi connectivity index (χ4n) is 2.92. The summed E-state index contributed by atoms with van der Waals surface area (Å²) < 4.78 is 30.2. The van der Waals surface area contributed by atoms with Crippen molar-refractivity contribution in [3.63, 3.8) is 0 Å². The van der Waals surface area contributed by atoms with Gasteiger partial charge in [0.25, 0.3) is 0 Å². The average molecular weight is 364 g/mol. The van der Waals surface area contributed by atoms with Crippen molar-refractivity contribution < 1.29 is 18.6 Å². The van der Waals surface area contributed by atoms with Crippen LogP contribution in [-0.4, -0.2) is 24.4 Å². The number of nitrogens with zero attached hydrogens (tertiary/aromatic N) is 1. The average Bonchev–Trinajstić information content (AvgIpc) is 3.12. The summed E-state index contributed by atoms with van der Waals surface area (Å²) in [5.41, 5.74) is 2.31. The summed E-state index contributed by atoms with van der Waals surface area (Å²) in [4.78, 5) is 0. The summed E-state index contributed by atoms with van der Waals surface area (Å²) in [6.07, 6.45) is 0. The topological polar surface area (TPSA) is 56.4 Å². The largest absolute Gasteiger partial charge is 0.497 e. The molecule has 0 aliphatic carbocycles. The first-order valence-electron chi connectivity index (χ1n) is 8.32. The molecule has 0 aliphatic heterocycles. The Morgan fingerprint density at radius 3 is 2.44 bits per heavy atom. The second-order valence-corrected chi connectivity index (χ2v) is 5.88. The number of H-pyrrole nitrogens is 1. The van der Waals surface area contributed by atoms with Crippen molar-refractivity contribution in [1.29, 1.82) is 0 Å². The van der Waals surface area contributed by atoms with Gasteiger partial charge in [0, 0.05) is 17.0 Å². The van der Waals surface area contributed by atoms with Gasteiger partial charge in [-0.15, -0.1) is 0 Å². The first kappa shape index (κ1) is 16.9. The molecular formula is C21H17FN2O3. The van der Waals surface area contributed by atoms with Gasteiger partial charge in [0.1, 0.15) is 22.9 Å². The zero-order chi connectivity index (χ0) is 18.8. The van der Waals surface area contributed by atoms with E-state index < -0.39 is 5.82 Å². The van der Waals surface area contributed by atoms with Crippen molar-refractivity contribution in [3.05, 3.63) is 66.5 Å². The normalized spacial score (nSPS) is 10.8. The molecular weight excluding hydrogens is 347 g/mol. The Morgan fingerprint density at radius 2 is 1.67 bits per heavy atom. The van der Waals surface area contributed by atoms with Crippen LogP contribution < -0.4 is 14.2 Å². The van der Waals surface area contributed by atoms with E-state index in [2.05, 4.69) is 10.2 Å². The lowest BCUT2D eigenvalue weighted by Gasteiger charge is -2.09. The van der Waals surface area contributed by atoms with E-state index in [9.17, 15) is 4.39 Å². The number of hydrogen-bond donors (Lipinski definition) is 1. The monoisotopic (exact) mass is 364 g/mol. The minimum atomic E-state index is -0.413. The molecule has 5 nitrogen and oxygen atoms in total. The highest BCUT2D eigenvalue weighted by atomic mass is 19.1. The van der Waals surface area contributed by atoms with Crippen LogP contribution in [0.4, 0.5) is 4.39 Å². The van der Waals surface area contributed by atoms with Gasteiger partial charge in [-0.1, -0.05) is 12.1 Å². The van der Waals surface area contributed by atoms with Crippen molar-refractivity contribution >= 4 is 10.9 Å². The van der Waals surface area contributed by atoms with Gasteiger partial charge >= 0.3 is 0 Å². The van der Waals surface area contributed by atoms with Gasteiger partial charge in [-0.25, -0.2) is 4.39 Å². The Labute approximate surface area is 155 Å². The van der Waals surface area contributed by atoms with E-state index in [0.29, 0.717) is 17.2 Å². The summed E-state index contributed by atoms with van der Waals surface area (Å²) in [7, 11) is 3.22. The van der Waals surface area contributed by atoms with Gasteiger partial charge in [-0.3, -0.25) is 5.10 Å². The minimum absolute atomic E-state index is 0.172. The standard InChI is InChI=1S/C21H17FN2O3/c1-25-13-8-10-19(26-2)16(11-13)21-15-9-7-14(12-18(15)23-24-21)27-20-6-4-3-5-17(20)22/h3-12H,1-2H3,(H,23,24). The summed E-state index contributed by atoms with van der Waals surface area (Å²) in [6, 6.07) is 17.3. The molecule has 0 unspecified atom stereocenters. The van der Waals surface area contributed by atoms with Gasteiger partial charge < -0.3 is 14.2 Å². The number of para-hydroxylation sites is 1. The molecule has 0 saturated carbocycles. The minimum Gasteiger partial charge on any atom is -0.497 e. The Morgan fingerprint density at radius 1 is 0.852 bits per heavy atom. The van der Waals surface area contributed by atoms with Gasteiger partial charge in [0.2, 0.25) is 0 Å². The van der Waals surface area contributed by atoms with Crippen molar-refractivity contribution in [1.82, 2.24) is 10.2 Å². The number of methoxy groups -OCH3 is 2. The molecule has 0 fully saturated rings. The van der Waals surface area contributed by atoms with Crippen LogP contribution in [0.3, 0.4) is 0 Å². The number of hydrogen-bond acceptors (Lipinski definition) is 4. The van der Waals surface area contributed by atoms with Crippen LogP contribution in [0.25, 0.3) is 22.2 Å². The predicted molar refractivity (Wildman–Crippen MR) is 101 cm³/mol. The van der Waals surface area contributed by atoms with E-state index >= 15 is 0 Å². The van der Waals surface area contributed by atoms with Crippen LogP contribution in [0.15, 0.2) is 60.7 Å². The highest BCUT2D eigenvalue weighted by Crippen LogP contribution is 2.37. The van der Waals surface area contributed by atoms with Crippen molar-refractivity contribution in [2.75, 3.05) is 14.2 Å². The molecule has 27 heavy (non-hydrogen) atoms. The molecule has 0 radical (unpaired) electrons. The number of rotatable bonds is 5. The lowest BCUT2D eigenvalue weighted by atomic mass is 10.1. The predicted octanol–water partition coefficient (Wildman–Crippen LogP) is 5.18. The van der Waals surface area contributed by atoms with Crippen LogP contribution in [0.5, 0.6) is 23.0 Å². The second kappa shape index (κ2) is 6.99. The number of aromatic amines is 1. The highest BCUT2D eigenvalue weighted by Gasteiger charge is 2.15. The van der Waals surface area contributed by atoms with E-state index in [0.717, 1.165) is 22.2 Å². The van der Waals surface area contributed by atoms with E-state index in [4.69, 9.17) is 14.2 Å². The number of benzene rings is 3. The lowest BCUT2D eigenvalue weighted by Crippen LogP contribution is -1.91. The fraction of sp³-hybridized carbons (Fsp3) is 0.0952. The maximum absolute atomic E-state index is 13.8. The van der Waals surface area contributed by atoms with Crippen molar-refractivity contribution in [2.24, 2.45) is 0 Å². The smallest absolute Gasteiger partial charge is 0.165 e. The molecule has 0 aliphatic rings. The molecule has 0 spiro atoms. The number of fused-ring (bicyclic) bond motifs is 1. The third-order valence-corrected chi connectivity index (χ3v) is 4.26. The molecule has 1 N–H and O–H groups in total. The van der Waals surface area contributed by atoms with E-state index in [-0.39, 0.29) is 5.75 Å². The Bertz CT molecular complexity index is 1110. The second-order valence-electron chi connectivity index (χ2n) is 5.88. The fourth-order valence-corrected chi connectivity index (χ4v) is 2.92. The van der Waals surface area contributed by atoms with Crippen LogP contribution in [0.1, 0.15) is 0 Å². The van der Waals surface area contributed by atoms with Crippen molar-refractivity contribution in [3.8, 4) is 34.3 Å². The maximum Gasteiger partial charge on any atom is 0.165 e. The summed E-state index contributed by atoms with van der Waals surface area (Å²) >= 11 is 0. The van der Waals surface area contributed by atoms with Gasteiger partial charge in [0.15, 0.2) is 11.6 Å². The molecule has 6 heteroatoms. The van der Waals surface area contributed by atoms with Crippen molar-refractivity contribution in [2.45, 2.75) is 0 Å². The number of halogens is 1. The first-order chi connectivity index (χ1) is 13.2. The Kier molecular flexibility index (Phi) is 4.38. The summed E-state index contributed by atoms with van der Waals surface area (Å²) in [6.45, 7) is 0.